The van der Waals surface area contributed by atoms with Crippen molar-refractivity contribution in [3.8, 4) is 6.07 Å². The number of nitrogens with zero attached hydrogens (tertiary/aromatic N) is 2. The Morgan fingerprint density at radius 3 is 2.60 bits per heavy atom. The molecule has 1 rings (SSSR count). The summed E-state index contributed by atoms with van der Waals surface area (Å²) < 4.78 is 0. The Morgan fingerprint density at radius 2 is 2.10 bits per heavy atom. The Balaban J connectivity index is 3.11. The maximum atomic E-state index is 10.5. The van der Waals surface area contributed by atoms with Gasteiger partial charge in [-0.1, -0.05) is 19.9 Å². The first-order valence-electron chi connectivity index (χ1n) is 6.71. The van der Waals surface area contributed by atoms with E-state index in [9.17, 15) is 10.1 Å². The van der Waals surface area contributed by atoms with E-state index >= 15 is 0 Å². The van der Waals surface area contributed by atoms with E-state index in [0.717, 1.165) is 24.6 Å². The molecule has 0 aliphatic carbocycles. The lowest BCUT2D eigenvalue weighted by atomic mass is 10.0. The predicted molar refractivity (Wildman–Crippen MR) is 80.6 cm³/mol. The number of benzene rings is 1. The normalized spacial score (nSPS) is 10.8. The van der Waals surface area contributed by atoms with E-state index in [0.29, 0.717) is 17.2 Å². The lowest BCUT2D eigenvalue weighted by molar-refractivity contribution is -0.131. The first kappa shape index (κ1) is 15.8. The molecular weight excluding hydrogens is 252 g/mol. The number of aliphatic carboxylic acids is 1. The molecule has 0 fully saturated rings. The summed E-state index contributed by atoms with van der Waals surface area (Å²) in [6.45, 7) is 4.25. The lowest BCUT2D eigenvalue weighted by Gasteiger charge is -2.29. The number of carbonyl (C=O) groups is 1. The van der Waals surface area contributed by atoms with Gasteiger partial charge in [-0.05, 0) is 36.6 Å². The summed E-state index contributed by atoms with van der Waals surface area (Å²) in [5.41, 5.74) is 2.16. The Labute approximate surface area is 119 Å². The van der Waals surface area contributed by atoms with Crippen molar-refractivity contribution >= 4 is 17.7 Å². The molecule has 0 radical (unpaired) electrons. The van der Waals surface area contributed by atoms with Gasteiger partial charge in [0.1, 0.15) is 6.07 Å². The van der Waals surface area contributed by atoms with Crippen molar-refractivity contribution in [2.75, 3.05) is 11.9 Å². The van der Waals surface area contributed by atoms with Crippen molar-refractivity contribution in [1.29, 1.82) is 5.26 Å². The number of hydrogen-bond donors (Lipinski definition) is 1. The Bertz CT molecular complexity index is 540. The monoisotopic (exact) mass is 272 g/mol. The van der Waals surface area contributed by atoms with Gasteiger partial charge in [0.2, 0.25) is 0 Å². The van der Waals surface area contributed by atoms with Crippen molar-refractivity contribution in [1.82, 2.24) is 0 Å². The van der Waals surface area contributed by atoms with Gasteiger partial charge in [0.25, 0.3) is 0 Å². The zero-order valence-corrected chi connectivity index (χ0v) is 12.1. The number of hydrogen-bond acceptors (Lipinski definition) is 3. The molecule has 0 aliphatic rings. The summed E-state index contributed by atoms with van der Waals surface area (Å²) in [4.78, 5) is 12.6. The lowest BCUT2D eigenvalue weighted by Crippen LogP contribution is -2.30. The SMILES string of the molecule is CCC(CC)N(C)c1ccc(/C=C/C(=O)O)cc1C#N. The van der Waals surface area contributed by atoms with Crippen LogP contribution in [0.4, 0.5) is 5.69 Å². The molecule has 0 bridgehead atoms. The fraction of sp³-hybridized carbons (Fsp3) is 0.375. The molecule has 0 unspecified atom stereocenters. The molecule has 0 heterocycles. The summed E-state index contributed by atoms with van der Waals surface area (Å²) in [7, 11) is 1.99. The highest BCUT2D eigenvalue weighted by atomic mass is 16.4. The Hall–Kier alpha value is -2.28. The van der Waals surface area contributed by atoms with Crippen LogP contribution in [0, 0.1) is 11.3 Å². The van der Waals surface area contributed by atoms with Gasteiger partial charge in [0, 0.05) is 19.2 Å². The molecule has 0 saturated carbocycles. The van der Waals surface area contributed by atoms with Gasteiger partial charge in [0.15, 0.2) is 0 Å². The van der Waals surface area contributed by atoms with E-state index in [2.05, 4.69) is 24.8 Å². The van der Waals surface area contributed by atoms with Crippen LogP contribution in [-0.4, -0.2) is 24.2 Å². The summed E-state index contributed by atoms with van der Waals surface area (Å²) in [5.74, 6) is -0.998. The smallest absolute Gasteiger partial charge is 0.328 e. The van der Waals surface area contributed by atoms with Gasteiger partial charge in [0.05, 0.1) is 11.3 Å². The minimum Gasteiger partial charge on any atom is -0.478 e. The molecule has 0 aromatic heterocycles. The number of carboxylic acids is 1. The molecule has 0 amide bonds. The highest BCUT2D eigenvalue weighted by Gasteiger charge is 2.14. The minimum atomic E-state index is -0.998. The molecule has 0 aliphatic heterocycles. The second-order valence-electron chi connectivity index (χ2n) is 4.64. The molecule has 0 saturated heterocycles. The van der Waals surface area contributed by atoms with Crippen LogP contribution in [-0.2, 0) is 4.79 Å². The molecule has 4 nitrogen and oxygen atoms in total. The molecule has 1 N–H and O–H groups in total. The summed E-state index contributed by atoms with van der Waals surface area (Å²) >= 11 is 0. The maximum absolute atomic E-state index is 10.5. The van der Waals surface area contributed by atoms with E-state index in [1.54, 1.807) is 6.07 Å². The zero-order chi connectivity index (χ0) is 15.1. The van der Waals surface area contributed by atoms with Crippen LogP contribution in [0.5, 0.6) is 0 Å². The van der Waals surface area contributed by atoms with E-state index < -0.39 is 5.97 Å². The van der Waals surface area contributed by atoms with Crippen LogP contribution in [0.25, 0.3) is 6.08 Å². The quantitative estimate of drug-likeness (QED) is 0.807. The van der Waals surface area contributed by atoms with E-state index in [-0.39, 0.29) is 0 Å². The molecule has 0 spiro atoms. The first-order chi connectivity index (χ1) is 9.53. The van der Waals surface area contributed by atoms with Crippen molar-refractivity contribution in [3.05, 3.63) is 35.4 Å². The van der Waals surface area contributed by atoms with Crippen molar-refractivity contribution in [2.24, 2.45) is 0 Å². The standard InChI is InChI=1S/C16H20N2O2/c1-4-14(5-2)18(3)15-8-6-12(7-9-16(19)20)10-13(15)11-17/h6-10,14H,4-5H2,1-3H3,(H,19,20)/b9-7+. The van der Waals surface area contributed by atoms with Gasteiger partial charge < -0.3 is 10.0 Å². The van der Waals surface area contributed by atoms with Crippen LogP contribution < -0.4 is 4.90 Å². The average Bonchev–Trinajstić information content (AvgIpc) is 2.45. The van der Waals surface area contributed by atoms with Crippen molar-refractivity contribution < 1.29 is 9.90 Å². The maximum Gasteiger partial charge on any atom is 0.328 e. The number of carboxylic acid groups (broad SMARTS) is 1. The molecular formula is C16H20N2O2. The summed E-state index contributed by atoms with van der Waals surface area (Å²) in [6, 6.07) is 7.99. The van der Waals surface area contributed by atoms with Crippen LogP contribution in [0.15, 0.2) is 24.3 Å². The molecule has 4 heteroatoms. The average molecular weight is 272 g/mol. The van der Waals surface area contributed by atoms with E-state index in [1.165, 1.54) is 6.08 Å². The summed E-state index contributed by atoms with van der Waals surface area (Å²) in [6.07, 6.45) is 4.59. The van der Waals surface area contributed by atoms with E-state index in [4.69, 9.17) is 5.11 Å². The van der Waals surface area contributed by atoms with Gasteiger partial charge in [-0.2, -0.15) is 5.26 Å². The van der Waals surface area contributed by atoms with Gasteiger partial charge in [-0.25, -0.2) is 4.79 Å². The number of nitriles is 1. The van der Waals surface area contributed by atoms with Crippen LogP contribution in [0.1, 0.15) is 37.8 Å². The van der Waals surface area contributed by atoms with Crippen LogP contribution >= 0.6 is 0 Å². The fourth-order valence-corrected chi connectivity index (χ4v) is 2.26. The van der Waals surface area contributed by atoms with Crippen molar-refractivity contribution in [2.45, 2.75) is 32.7 Å². The topological polar surface area (TPSA) is 64.3 Å². The number of anilines is 1. The number of rotatable bonds is 6. The first-order valence-corrected chi connectivity index (χ1v) is 6.71. The molecule has 106 valence electrons. The van der Waals surface area contributed by atoms with Gasteiger partial charge in [-0.3, -0.25) is 0 Å². The van der Waals surface area contributed by atoms with Crippen molar-refractivity contribution in [3.63, 3.8) is 0 Å². The molecule has 20 heavy (non-hydrogen) atoms. The highest BCUT2D eigenvalue weighted by Crippen LogP contribution is 2.24. The second kappa shape index (κ2) is 7.34. The third-order valence-corrected chi connectivity index (χ3v) is 3.43. The zero-order valence-electron chi connectivity index (χ0n) is 12.1. The van der Waals surface area contributed by atoms with Gasteiger partial charge >= 0.3 is 5.97 Å². The minimum absolute atomic E-state index is 0.391. The van der Waals surface area contributed by atoms with Crippen LogP contribution in [0.2, 0.25) is 0 Å². The Morgan fingerprint density at radius 1 is 1.45 bits per heavy atom. The second-order valence-corrected chi connectivity index (χ2v) is 4.64. The fourth-order valence-electron chi connectivity index (χ4n) is 2.26. The van der Waals surface area contributed by atoms with E-state index in [1.807, 2.05) is 19.2 Å². The van der Waals surface area contributed by atoms with Crippen LogP contribution in [0.3, 0.4) is 0 Å². The molecule has 1 aromatic rings. The van der Waals surface area contributed by atoms with Gasteiger partial charge in [-0.15, -0.1) is 0 Å². The molecule has 0 atom stereocenters. The molecule has 1 aromatic carbocycles. The third kappa shape index (κ3) is 3.86. The predicted octanol–water partition coefficient (Wildman–Crippen LogP) is 3.28. The third-order valence-electron chi connectivity index (χ3n) is 3.43. The summed E-state index contributed by atoms with van der Waals surface area (Å²) in [5, 5.41) is 17.9. The largest absolute Gasteiger partial charge is 0.478 e. The Kier molecular flexibility index (Phi) is 5.79. The highest BCUT2D eigenvalue weighted by molar-refractivity contribution is 5.85.